The molecule has 0 unspecified atom stereocenters. The molecule has 0 radical (unpaired) electrons. The minimum atomic E-state index is -0.745. The Hall–Kier alpha value is -2.86. The summed E-state index contributed by atoms with van der Waals surface area (Å²) in [6.45, 7) is 4.29. The van der Waals surface area contributed by atoms with Crippen LogP contribution in [0.5, 0.6) is 5.75 Å². The molecule has 5 rings (SSSR count). The quantitative estimate of drug-likeness (QED) is 0.421. The largest absolute Gasteiger partial charge is 0.491 e. The fourth-order valence-electron chi connectivity index (χ4n) is 4.76. The molecule has 0 aromatic heterocycles. The van der Waals surface area contributed by atoms with E-state index in [-0.39, 0.29) is 18.4 Å². The first-order chi connectivity index (χ1) is 16.8. The number of rotatable bonds is 7. The molecule has 2 aliphatic rings. The van der Waals surface area contributed by atoms with E-state index in [1.165, 1.54) is 0 Å². The maximum Gasteiger partial charge on any atom is 0.233 e. The minimum absolute atomic E-state index is 0.0349. The Labute approximate surface area is 211 Å². The van der Waals surface area contributed by atoms with Crippen molar-refractivity contribution in [2.24, 2.45) is 0 Å². The number of carbonyl (C=O) groups excluding carboxylic acids is 1. The fraction of sp³-hybridized carbons (Fsp3) is 0.345. The van der Waals surface area contributed by atoms with Gasteiger partial charge in [0.2, 0.25) is 5.91 Å². The van der Waals surface area contributed by atoms with Gasteiger partial charge in [-0.15, -0.1) is 0 Å². The van der Waals surface area contributed by atoms with Crippen LogP contribution in [0.2, 0.25) is 5.02 Å². The number of hydrogen-bond donors (Lipinski definition) is 1. The van der Waals surface area contributed by atoms with Crippen LogP contribution in [0.25, 0.3) is 0 Å². The van der Waals surface area contributed by atoms with E-state index < -0.39 is 11.8 Å². The molecule has 1 N–H and O–H groups in total. The molecule has 3 aromatic carbocycles. The van der Waals surface area contributed by atoms with E-state index in [1.807, 2.05) is 80.6 Å². The van der Waals surface area contributed by atoms with Crippen LogP contribution in [0.1, 0.15) is 61.6 Å². The molecule has 0 spiro atoms. The molecule has 0 bridgehead atoms. The molecule has 1 atom stereocenters. The van der Waals surface area contributed by atoms with Gasteiger partial charge in [0.25, 0.3) is 0 Å². The lowest BCUT2D eigenvalue weighted by molar-refractivity contribution is -0.122. The summed E-state index contributed by atoms with van der Waals surface area (Å²) in [6, 6.07) is 21.0. The summed E-state index contributed by atoms with van der Waals surface area (Å²) in [6.07, 6.45) is 2.27. The SMILES string of the molecule is CC(C)Oc1ccc2c(c1)[C@H](OCc1ccc(Cl)cc1)N(c1ccc(C3(O)CCC3)cc1)C(=O)C2. The lowest BCUT2D eigenvalue weighted by atomic mass is 9.75. The molecular weight excluding hydrogens is 462 g/mol. The fourth-order valence-corrected chi connectivity index (χ4v) is 4.89. The van der Waals surface area contributed by atoms with E-state index in [9.17, 15) is 9.90 Å². The minimum Gasteiger partial charge on any atom is -0.491 e. The predicted molar refractivity (Wildman–Crippen MR) is 137 cm³/mol. The Balaban J connectivity index is 1.49. The van der Waals surface area contributed by atoms with E-state index in [4.69, 9.17) is 21.1 Å². The summed E-state index contributed by atoms with van der Waals surface area (Å²) in [5, 5.41) is 11.4. The Morgan fingerprint density at radius 2 is 1.77 bits per heavy atom. The summed E-state index contributed by atoms with van der Waals surface area (Å²) >= 11 is 6.04. The second-order valence-electron chi connectivity index (χ2n) is 9.69. The molecule has 1 amide bonds. The number of aliphatic hydroxyl groups is 1. The molecule has 1 aliphatic heterocycles. The third kappa shape index (κ3) is 4.94. The van der Waals surface area contributed by atoms with Crippen molar-refractivity contribution in [1.82, 2.24) is 0 Å². The maximum atomic E-state index is 13.4. The average Bonchev–Trinajstić information content (AvgIpc) is 2.82. The lowest BCUT2D eigenvalue weighted by Gasteiger charge is -2.39. The van der Waals surface area contributed by atoms with Crippen LogP contribution in [0, 0.1) is 0 Å². The monoisotopic (exact) mass is 491 g/mol. The summed E-state index contributed by atoms with van der Waals surface area (Å²) in [4.78, 5) is 15.1. The topological polar surface area (TPSA) is 59.0 Å². The van der Waals surface area contributed by atoms with Crippen molar-refractivity contribution in [2.45, 2.75) is 64.1 Å². The Morgan fingerprint density at radius 1 is 1.06 bits per heavy atom. The highest BCUT2D eigenvalue weighted by Crippen LogP contribution is 2.43. The van der Waals surface area contributed by atoms with E-state index >= 15 is 0 Å². The van der Waals surface area contributed by atoms with E-state index in [2.05, 4.69) is 0 Å². The van der Waals surface area contributed by atoms with Gasteiger partial charge in [0.1, 0.15) is 5.75 Å². The zero-order valence-corrected chi connectivity index (χ0v) is 20.8. The Bertz CT molecular complexity index is 1200. The molecule has 182 valence electrons. The maximum absolute atomic E-state index is 13.4. The number of anilines is 1. The number of fused-ring (bicyclic) bond motifs is 1. The average molecular weight is 492 g/mol. The van der Waals surface area contributed by atoms with Crippen molar-refractivity contribution < 1.29 is 19.4 Å². The summed E-state index contributed by atoms with van der Waals surface area (Å²) in [7, 11) is 0. The second-order valence-corrected chi connectivity index (χ2v) is 10.1. The highest BCUT2D eigenvalue weighted by molar-refractivity contribution is 6.30. The first-order valence-corrected chi connectivity index (χ1v) is 12.5. The van der Waals surface area contributed by atoms with Gasteiger partial charge in [-0.2, -0.15) is 0 Å². The van der Waals surface area contributed by atoms with Crippen molar-refractivity contribution in [3.05, 3.63) is 94.0 Å². The molecule has 1 heterocycles. The molecule has 3 aromatic rings. The van der Waals surface area contributed by atoms with Gasteiger partial charge in [0, 0.05) is 16.3 Å². The summed E-state index contributed by atoms with van der Waals surface area (Å²) in [5.41, 5.74) is 3.70. The number of ether oxygens (including phenoxy) is 2. The Morgan fingerprint density at radius 3 is 2.40 bits per heavy atom. The third-order valence-corrected chi connectivity index (χ3v) is 7.04. The van der Waals surface area contributed by atoms with E-state index in [1.54, 1.807) is 4.90 Å². The molecule has 1 aliphatic carbocycles. The van der Waals surface area contributed by atoms with Gasteiger partial charge in [-0.3, -0.25) is 9.69 Å². The van der Waals surface area contributed by atoms with Crippen molar-refractivity contribution in [1.29, 1.82) is 0 Å². The van der Waals surface area contributed by atoms with E-state index in [0.717, 1.165) is 53.0 Å². The second kappa shape index (κ2) is 9.65. The normalized spacial score (nSPS) is 18.8. The first-order valence-electron chi connectivity index (χ1n) is 12.1. The highest BCUT2D eigenvalue weighted by atomic mass is 35.5. The molecule has 6 heteroatoms. The van der Waals surface area contributed by atoms with Crippen molar-refractivity contribution in [3.8, 4) is 5.75 Å². The number of halogens is 1. The Kier molecular flexibility index (Phi) is 6.58. The van der Waals surface area contributed by atoms with Crippen LogP contribution in [0.4, 0.5) is 5.69 Å². The van der Waals surface area contributed by atoms with Gasteiger partial charge in [-0.05, 0) is 86.2 Å². The highest BCUT2D eigenvalue weighted by Gasteiger charge is 2.38. The molecular formula is C29H30ClNO4. The van der Waals surface area contributed by atoms with Crippen molar-refractivity contribution >= 4 is 23.2 Å². The number of carbonyl (C=O) groups is 1. The van der Waals surface area contributed by atoms with Gasteiger partial charge in [-0.1, -0.05) is 41.9 Å². The predicted octanol–water partition coefficient (Wildman–Crippen LogP) is 6.30. The standard InChI is InChI=1S/C29H30ClNO4/c1-19(2)35-25-13-6-21-16-27(32)31(24-11-7-22(8-12-24)29(33)14-3-15-29)28(26(21)17-25)34-18-20-4-9-23(30)10-5-20/h4-13,17,19,28,33H,3,14-16,18H2,1-2H3/t28-/m0/s1. The van der Waals surface area contributed by atoms with Crippen LogP contribution in [-0.4, -0.2) is 17.1 Å². The van der Waals surface area contributed by atoms with Gasteiger partial charge in [0.05, 0.1) is 24.7 Å². The smallest absolute Gasteiger partial charge is 0.233 e. The number of nitrogens with zero attached hydrogens (tertiary/aromatic N) is 1. The first kappa shape index (κ1) is 23.9. The molecule has 5 nitrogen and oxygen atoms in total. The summed E-state index contributed by atoms with van der Waals surface area (Å²) in [5.74, 6) is 0.710. The molecule has 1 fully saturated rings. The van der Waals surface area contributed by atoms with Gasteiger partial charge >= 0.3 is 0 Å². The molecule has 1 saturated carbocycles. The third-order valence-electron chi connectivity index (χ3n) is 6.78. The van der Waals surface area contributed by atoms with Gasteiger partial charge in [0.15, 0.2) is 6.23 Å². The number of amides is 1. The zero-order chi connectivity index (χ0) is 24.6. The van der Waals surface area contributed by atoms with E-state index in [0.29, 0.717) is 11.6 Å². The van der Waals surface area contributed by atoms with Crippen LogP contribution in [0.3, 0.4) is 0 Å². The number of hydrogen-bond acceptors (Lipinski definition) is 4. The van der Waals surface area contributed by atoms with Crippen molar-refractivity contribution in [3.63, 3.8) is 0 Å². The van der Waals surface area contributed by atoms with Crippen LogP contribution in [0.15, 0.2) is 66.7 Å². The number of benzene rings is 3. The summed E-state index contributed by atoms with van der Waals surface area (Å²) < 4.78 is 12.4. The van der Waals surface area contributed by atoms with Crippen LogP contribution in [-0.2, 0) is 28.2 Å². The van der Waals surface area contributed by atoms with Crippen LogP contribution >= 0.6 is 11.6 Å². The zero-order valence-electron chi connectivity index (χ0n) is 20.0. The molecule has 35 heavy (non-hydrogen) atoms. The molecule has 0 saturated heterocycles. The van der Waals surface area contributed by atoms with Crippen molar-refractivity contribution in [2.75, 3.05) is 4.90 Å². The van der Waals surface area contributed by atoms with Gasteiger partial charge in [-0.25, -0.2) is 0 Å². The van der Waals surface area contributed by atoms with Gasteiger partial charge < -0.3 is 14.6 Å². The lowest BCUT2D eigenvalue weighted by Crippen LogP contribution is -2.42. The van der Waals surface area contributed by atoms with Crippen LogP contribution < -0.4 is 9.64 Å².